The Bertz CT molecular complexity index is 1420. The summed E-state index contributed by atoms with van der Waals surface area (Å²) in [6.07, 6.45) is 11.3. The van der Waals surface area contributed by atoms with E-state index in [-0.39, 0.29) is 12.5 Å². The van der Waals surface area contributed by atoms with Gasteiger partial charge in [0.15, 0.2) is 11.5 Å². The topological polar surface area (TPSA) is 94.8 Å². The van der Waals surface area contributed by atoms with Gasteiger partial charge < -0.3 is 10.1 Å². The molecule has 4 aromatic heterocycles. The van der Waals surface area contributed by atoms with Gasteiger partial charge in [-0.15, -0.1) is 0 Å². The van der Waals surface area contributed by atoms with Crippen molar-refractivity contribution in [3.8, 4) is 5.69 Å². The minimum Gasteiger partial charge on any atom is -0.461 e. The van der Waals surface area contributed by atoms with E-state index >= 15 is 0 Å². The third kappa shape index (κ3) is 5.38. The number of carbonyl (C=O) groups excluding carboxylic acids is 1. The van der Waals surface area contributed by atoms with Gasteiger partial charge in [-0.05, 0) is 60.4 Å². The van der Waals surface area contributed by atoms with Gasteiger partial charge in [0.05, 0.1) is 6.61 Å². The molecular formula is C29H26N6O2. The van der Waals surface area contributed by atoms with E-state index in [0.29, 0.717) is 23.8 Å². The first-order chi connectivity index (χ1) is 18.2. The Morgan fingerprint density at radius 1 is 0.865 bits per heavy atom. The van der Waals surface area contributed by atoms with Crippen molar-refractivity contribution in [2.24, 2.45) is 0 Å². The number of ether oxygens (including phenoxy) is 1. The van der Waals surface area contributed by atoms with Crippen molar-refractivity contribution in [2.75, 3.05) is 11.9 Å². The van der Waals surface area contributed by atoms with Gasteiger partial charge >= 0.3 is 5.97 Å². The number of benzene rings is 1. The van der Waals surface area contributed by atoms with Gasteiger partial charge in [0.1, 0.15) is 12.1 Å². The minimum absolute atomic E-state index is 0.0125. The van der Waals surface area contributed by atoms with Crippen LogP contribution in [0.15, 0.2) is 104 Å². The zero-order valence-electron chi connectivity index (χ0n) is 20.4. The largest absolute Gasteiger partial charge is 0.461 e. The number of anilines is 2. The molecule has 4 heterocycles. The fraction of sp³-hybridized carbons (Fsp3) is 0.138. The maximum Gasteiger partial charge on any atom is 0.359 e. The summed E-state index contributed by atoms with van der Waals surface area (Å²) in [4.78, 5) is 30.8. The lowest BCUT2D eigenvalue weighted by Gasteiger charge is -2.19. The van der Waals surface area contributed by atoms with E-state index in [9.17, 15) is 4.79 Å². The van der Waals surface area contributed by atoms with E-state index in [4.69, 9.17) is 4.74 Å². The van der Waals surface area contributed by atoms with Crippen molar-refractivity contribution >= 4 is 17.6 Å². The van der Waals surface area contributed by atoms with E-state index in [2.05, 4.69) is 37.4 Å². The lowest BCUT2D eigenvalue weighted by atomic mass is 9.88. The molecule has 5 rings (SSSR count). The fourth-order valence-corrected chi connectivity index (χ4v) is 4.26. The van der Waals surface area contributed by atoms with Crippen LogP contribution in [0.3, 0.4) is 0 Å². The maximum absolute atomic E-state index is 13.0. The second-order valence-corrected chi connectivity index (χ2v) is 8.33. The molecule has 1 N–H and O–H groups in total. The second kappa shape index (κ2) is 11.3. The molecule has 1 aromatic carbocycles. The van der Waals surface area contributed by atoms with E-state index in [1.165, 1.54) is 0 Å². The molecule has 0 aliphatic rings. The molecule has 0 amide bonds. The number of hydrogen-bond acceptors (Lipinski definition) is 7. The van der Waals surface area contributed by atoms with Gasteiger partial charge in [0.2, 0.25) is 0 Å². The van der Waals surface area contributed by atoms with Crippen LogP contribution in [-0.2, 0) is 11.2 Å². The summed E-state index contributed by atoms with van der Waals surface area (Å²) in [7, 11) is 0. The average molecular weight is 491 g/mol. The summed E-state index contributed by atoms with van der Waals surface area (Å²) in [5, 5.41) is 3.30. The Kier molecular flexibility index (Phi) is 7.26. The fourth-order valence-electron chi connectivity index (χ4n) is 4.26. The first-order valence-electron chi connectivity index (χ1n) is 12.0. The van der Waals surface area contributed by atoms with E-state index in [1.807, 2.05) is 67.0 Å². The summed E-state index contributed by atoms with van der Waals surface area (Å²) >= 11 is 0. The molecule has 0 bridgehead atoms. The third-order valence-corrected chi connectivity index (χ3v) is 6.00. The predicted molar refractivity (Wildman–Crippen MR) is 141 cm³/mol. The summed E-state index contributed by atoms with van der Waals surface area (Å²) in [5.74, 6) is 0.539. The molecular weight excluding hydrogens is 464 g/mol. The second-order valence-electron chi connectivity index (χ2n) is 8.33. The molecule has 184 valence electrons. The van der Waals surface area contributed by atoms with Crippen LogP contribution < -0.4 is 5.32 Å². The predicted octanol–water partition coefficient (Wildman–Crippen LogP) is 5.35. The van der Waals surface area contributed by atoms with Crippen LogP contribution in [0.1, 0.15) is 40.0 Å². The number of nitrogens with zero attached hydrogens (tertiary/aromatic N) is 5. The SMILES string of the molecule is CCOC(=O)c1c(Nc2ncccc2CC(c2cccnc2)c2cccnc2)ncn1-c1ccccc1. The Hall–Kier alpha value is -4.85. The Morgan fingerprint density at radius 3 is 2.22 bits per heavy atom. The normalized spacial score (nSPS) is 10.9. The minimum atomic E-state index is -0.465. The molecule has 0 unspecified atom stereocenters. The lowest BCUT2D eigenvalue weighted by molar-refractivity contribution is 0.0518. The van der Waals surface area contributed by atoms with Crippen molar-refractivity contribution in [3.63, 3.8) is 0 Å². The molecule has 0 saturated carbocycles. The van der Waals surface area contributed by atoms with Crippen LogP contribution in [0.5, 0.6) is 0 Å². The first kappa shape index (κ1) is 23.9. The van der Waals surface area contributed by atoms with Crippen LogP contribution in [0, 0.1) is 0 Å². The number of carbonyl (C=O) groups is 1. The number of hydrogen-bond donors (Lipinski definition) is 1. The number of nitrogens with one attached hydrogen (secondary N) is 1. The van der Waals surface area contributed by atoms with Crippen molar-refractivity contribution in [1.82, 2.24) is 24.5 Å². The summed E-state index contributed by atoms with van der Waals surface area (Å²) in [6, 6.07) is 21.5. The molecule has 0 atom stereocenters. The van der Waals surface area contributed by atoms with Crippen LogP contribution in [0.25, 0.3) is 5.69 Å². The van der Waals surface area contributed by atoms with Gasteiger partial charge in [-0.2, -0.15) is 0 Å². The van der Waals surface area contributed by atoms with Gasteiger partial charge in [-0.25, -0.2) is 14.8 Å². The van der Waals surface area contributed by atoms with Crippen LogP contribution in [0.2, 0.25) is 0 Å². The summed E-state index contributed by atoms with van der Waals surface area (Å²) in [5.41, 5.74) is 4.22. The highest BCUT2D eigenvalue weighted by atomic mass is 16.5. The molecule has 0 saturated heterocycles. The monoisotopic (exact) mass is 490 g/mol. The average Bonchev–Trinajstić information content (AvgIpc) is 3.38. The van der Waals surface area contributed by atoms with Crippen molar-refractivity contribution in [3.05, 3.63) is 126 Å². The highest BCUT2D eigenvalue weighted by Crippen LogP contribution is 2.31. The number of pyridine rings is 3. The number of esters is 1. The summed E-state index contributed by atoms with van der Waals surface area (Å²) < 4.78 is 7.08. The Morgan fingerprint density at radius 2 is 1.57 bits per heavy atom. The van der Waals surface area contributed by atoms with Gasteiger partial charge in [0, 0.05) is 42.6 Å². The number of aromatic nitrogens is 5. The summed E-state index contributed by atoms with van der Waals surface area (Å²) in [6.45, 7) is 2.03. The van der Waals surface area contributed by atoms with Crippen LogP contribution >= 0.6 is 0 Å². The molecule has 0 spiro atoms. The molecule has 0 aliphatic heterocycles. The highest BCUT2D eigenvalue weighted by molar-refractivity contribution is 5.94. The molecule has 0 radical (unpaired) electrons. The third-order valence-electron chi connectivity index (χ3n) is 6.00. The van der Waals surface area contributed by atoms with Crippen molar-refractivity contribution in [2.45, 2.75) is 19.3 Å². The van der Waals surface area contributed by atoms with E-state index in [1.54, 1.807) is 36.4 Å². The number of para-hydroxylation sites is 1. The highest BCUT2D eigenvalue weighted by Gasteiger charge is 2.23. The van der Waals surface area contributed by atoms with Crippen LogP contribution in [-0.4, -0.2) is 37.1 Å². The molecule has 8 nitrogen and oxygen atoms in total. The van der Waals surface area contributed by atoms with E-state index in [0.717, 1.165) is 22.4 Å². The molecule has 0 fully saturated rings. The van der Waals surface area contributed by atoms with Gasteiger partial charge in [-0.1, -0.05) is 36.4 Å². The molecule has 37 heavy (non-hydrogen) atoms. The van der Waals surface area contributed by atoms with Gasteiger partial charge in [0.25, 0.3) is 0 Å². The molecule has 5 aromatic rings. The lowest BCUT2D eigenvalue weighted by Crippen LogP contribution is -2.14. The zero-order chi connectivity index (χ0) is 25.5. The number of imidazole rings is 1. The Labute approximate surface area is 215 Å². The van der Waals surface area contributed by atoms with Crippen molar-refractivity contribution in [1.29, 1.82) is 0 Å². The smallest absolute Gasteiger partial charge is 0.359 e. The first-order valence-corrected chi connectivity index (χ1v) is 12.0. The Balaban J connectivity index is 1.52. The van der Waals surface area contributed by atoms with Crippen LogP contribution in [0.4, 0.5) is 11.6 Å². The quantitative estimate of drug-likeness (QED) is 0.278. The van der Waals surface area contributed by atoms with Gasteiger partial charge in [-0.3, -0.25) is 14.5 Å². The molecule has 0 aliphatic carbocycles. The van der Waals surface area contributed by atoms with Crippen molar-refractivity contribution < 1.29 is 9.53 Å². The zero-order valence-corrected chi connectivity index (χ0v) is 20.4. The maximum atomic E-state index is 13.0. The molecule has 8 heteroatoms. The standard InChI is InChI=1S/C29H26N6O2/c1-2-37-29(36)26-28(33-20-35(26)24-12-4-3-5-13-24)34-27-21(9-8-16-32-27)17-25(22-10-6-14-30-18-22)23-11-7-15-31-19-23/h3-16,18-20,25H,2,17H2,1H3,(H,32,34). The number of rotatable bonds is 9. The van der Waals surface area contributed by atoms with E-state index < -0.39 is 5.97 Å².